The number of rotatable bonds is 6. The molecule has 2 heterocycles. The Morgan fingerprint density at radius 3 is 2.71 bits per heavy atom. The molecule has 0 saturated carbocycles. The highest BCUT2D eigenvalue weighted by molar-refractivity contribution is 6.30. The molecule has 0 aliphatic heterocycles. The Bertz CT molecular complexity index is 786. The van der Waals surface area contributed by atoms with Crippen molar-refractivity contribution in [1.29, 1.82) is 0 Å². The van der Waals surface area contributed by atoms with Crippen molar-refractivity contribution in [3.8, 4) is 11.6 Å². The zero-order valence-corrected chi connectivity index (χ0v) is 13.5. The Hall–Kier alpha value is -2.86. The average molecular weight is 343 g/mol. The summed E-state index contributed by atoms with van der Waals surface area (Å²) in [6.45, 7) is 0.593. The van der Waals surface area contributed by atoms with Crippen molar-refractivity contribution in [2.45, 2.75) is 13.0 Å². The van der Waals surface area contributed by atoms with Gasteiger partial charge in [0.25, 0.3) is 0 Å². The van der Waals surface area contributed by atoms with Crippen LogP contribution in [0.2, 0.25) is 5.02 Å². The molecule has 0 atom stereocenters. The Labute approximate surface area is 144 Å². The van der Waals surface area contributed by atoms with Crippen LogP contribution < -0.4 is 10.1 Å². The number of anilines is 1. The van der Waals surface area contributed by atoms with Crippen LogP contribution in [0.1, 0.15) is 6.42 Å². The first-order chi connectivity index (χ1) is 11.7. The second-order valence-corrected chi connectivity index (χ2v) is 5.48. The van der Waals surface area contributed by atoms with E-state index in [1.807, 2.05) is 10.8 Å². The number of aryl methyl sites for hydroxylation is 1. The summed E-state index contributed by atoms with van der Waals surface area (Å²) in [4.78, 5) is 19.9. The molecule has 1 amide bonds. The van der Waals surface area contributed by atoms with Crippen molar-refractivity contribution < 1.29 is 9.53 Å². The number of amides is 1. The van der Waals surface area contributed by atoms with Crippen molar-refractivity contribution in [1.82, 2.24) is 14.5 Å². The summed E-state index contributed by atoms with van der Waals surface area (Å²) < 4.78 is 7.45. The fourth-order valence-corrected chi connectivity index (χ4v) is 2.13. The summed E-state index contributed by atoms with van der Waals surface area (Å²) >= 11 is 5.78. The standard InChI is InChI=1S/C17H15ClN4O2/c18-13-1-6-17(20-11-13)24-15-4-2-14(3-5-15)21-16(23)7-9-22-10-8-19-12-22/h1-6,8,10-12H,7,9H2,(H,21,23). The van der Waals surface area contributed by atoms with Gasteiger partial charge in [-0.1, -0.05) is 11.6 Å². The Morgan fingerprint density at radius 1 is 1.21 bits per heavy atom. The van der Waals surface area contributed by atoms with Crippen molar-refractivity contribution in [3.05, 3.63) is 66.3 Å². The predicted octanol–water partition coefficient (Wildman–Crippen LogP) is 3.75. The van der Waals surface area contributed by atoms with E-state index < -0.39 is 0 Å². The molecule has 0 bridgehead atoms. The van der Waals surface area contributed by atoms with Gasteiger partial charge in [-0.15, -0.1) is 0 Å². The molecule has 0 aliphatic carbocycles. The van der Waals surface area contributed by atoms with Crippen LogP contribution in [0.15, 0.2) is 61.3 Å². The molecule has 1 aromatic carbocycles. The molecular weight excluding hydrogens is 328 g/mol. The van der Waals surface area contributed by atoms with Crippen molar-refractivity contribution in [2.75, 3.05) is 5.32 Å². The van der Waals surface area contributed by atoms with E-state index in [2.05, 4.69) is 15.3 Å². The molecule has 3 rings (SSSR count). The molecule has 0 unspecified atom stereocenters. The van der Waals surface area contributed by atoms with Gasteiger partial charge in [0.15, 0.2) is 0 Å². The second-order valence-electron chi connectivity index (χ2n) is 5.04. The molecule has 0 spiro atoms. The van der Waals surface area contributed by atoms with E-state index in [1.54, 1.807) is 48.9 Å². The van der Waals surface area contributed by atoms with Gasteiger partial charge >= 0.3 is 0 Å². The summed E-state index contributed by atoms with van der Waals surface area (Å²) in [6.07, 6.45) is 7.09. The molecule has 122 valence electrons. The normalized spacial score (nSPS) is 10.4. The van der Waals surface area contributed by atoms with Crippen molar-refractivity contribution >= 4 is 23.2 Å². The van der Waals surface area contributed by atoms with Crippen LogP contribution in [0.25, 0.3) is 0 Å². The van der Waals surface area contributed by atoms with Gasteiger partial charge in [-0.05, 0) is 30.3 Å². The molecule has 0 saturated heterocycles. The first-order valence-corrected chi connectivity index (χ1v) is 7.72. The summed E-state index contributed by atoms with van der Waals surface area (Å²) in [5.41, 5.74) is 0.710. The molecule has 3 aromatic rings. The fourth-order valence-electron chi connectivity index (χ4n) is 2.02. The smallest absolute Gasteiger partial charge is 0.226 e. The summed E-state index contributed by atoms with van der Waals surface area (Å²) in [5.74, 6) is 1.02. The number of hydrogen-bond donors (Lipinski definition) is 1. The van der Waals surface area contributed by atoms with Gasteiger partial charge in [-0.25, -0.2) is 9.97 Å². The maximum absolute atomic E-state index is 11.9. The second kappa shape index (κ2) is 7.61. The van der Waals surface area contributed by atoms with Crippen LogP contribution in [0.4, 0.5) is 5.69 Å². The van der Waals surface area contributed by atoms with E-state index in [1.165, 1.54) is 6.20 Å². The topological polar surface area (TPSA) is 69.0 Å². The zero-order chi connectivity index (χ0) is 16.8. The van der Waals surface area contributed by atoms with Gasteiger partial charge < -0.3 is 14.6 Å². The van der Waals surface area contributed by atoms with Crippen molar-refractivity contribution in [2.24, 2.45) is 0 Å². The molecular formula is C17H15ClN4O2. The third-order valence-corrected chi connectivity index (χ3v) is 3.44. The number of benzene rings is 1. The fraction of sp³-hybridized carbons (Fsp3) is 0.118. The number of carbonyl (C=O) groups is 1. The number of halogens is 1. The Balaban J connectivity index is 1.52. The molecule has 0 fully saturated rings. The van der Waals surface area contributed by atoms with Crippen LogP contribution >= 0.6 is 11.6 Å². The minimum Gasteiger partial charge on any atom is -0.439 e. The number of aromatic nitrogens is 3. The lowest BCUT2D eigenvalue weighted by Crippen LogP contribution is -2.13. The predicted molar refractivity (Wildman–Crippen MR) is 91.2 cm³/mol. The molecule has 6 nitrogen and oxygen atoms in total. The number of nitrogens with one attached hydrogen (secondary N) is 1. The van der Waals surface area contributed by atoms with Gasteiger partial charge in [0, 0.05) is 43.3 Å². The van der Waals surface area contributed by atoms with Gasteiger partial charge in [0.05, 0.1) is 11.3 Å². The number of ether oxygens (including phenoxy) is 1. The van der Waals surface area contributed by atoms with Crippen LogP contribution in [-0.4, -0.2) is 20.4 Å². The number of imidazole rings is 1. The van der Waals surface area contributed by atoms with Gasteiger partial charge in [0.1, 0.15) is 5.75 Å². The molecule has 0 aliphatic rings. The number of carbonyl (C=O) groups excluding carboxylic acids is 1. The molecule has 0 radical (unpaired) electrons. The Kier molecular flexibility index (Phi) is 5.08. The number of hydrogen-bond acceptors (Lipinski definition) is 4. The van der Waals surface area contributed by atoms with E-state index >= 15 is 0 Å². The highest BCUT2D eigenvalue weighted by Gasteiger charge is 2.04. The lowest BCUT2D eigenvalue weighted by molar-refractivity contribution is -0.116. The summed E-state index contributed by atoms with van der Waals surface area (Å²) in [5, 5.41) is 3.39. The van der Waals surface area contributed by atoms with E-state index in [4.69, 9.17) is 16.3 Å². The zero-order valence-electron chi connectivity index (χ0n) is 12.7. The quantitative estimate of drug-likeness (QED) is 0.740. The van der Waals surface area contributed by atoms with Crippen LogP contribution in [0, 0.1) is 0 Å². The SMILES string of the molecule is O=C(CCn1ccnc1)Nc1ccc(Oc2ccc(Cl)cn2)cc1. The van der Waals surface area contributed by atoms with Crippen molar-refractivity contribution in [3.63, 3.8) is 0 Å². The highest BCUT2D eigenvalue weighted by atomic mass is 35.5. The minimum atomic E-state index is -0.0586. The first kappa shape index (κ1) is 16.0. The average Bonchev–Trinajstić information content (AvgIpc) is 3.10. The van der Waals surface area contributed by atoms with Crippen LogP contribution in [0.3, 0.4) is 0 Å². The maximum Gasteiger partial charge on any atom is 0.226 e. The number of nitrogens with zero attached hydrogens (tertiary/aromatic N) is 3. The summed E-state index contributed by atoms with van der Waals surface area (Å²) in [7, 11) is 0. The van der Waals surface area contributed by atoms with Crippen LogP contribution in [-0.2, 0) is 11.3 Å². The largest absolute Gasteiger partial charge is 0.439 e. The van der Waals surface area contributed by atoms with E-state index in [9.17, 15) is 4.79 Å². The van der Waals surface area contributed by atoms with Gasteiger partial charge in [-0.2, -0.15) is 0 Å². The lowest BCUT2D eigenvalue weighted by atomic mass is 10.3. The molecule has 7 heteroatoms. The van der Waals surface area contributed by atoms with E-state index in [0.29, 0.717) is 35.3 Å². The minimum absolute atomic E-state index is 0.0586. The van der Waals surface area contributed by atoms with Gasteiger partial charge in [0.2, 0.25) is 11.8 Å². The van der Waals surface area contributed by atoms with Gasteiger partial charge in [-0.3, -0.25) is 4.79 Å². The Morgan fingerprint density at radius 2 is 2.04 bits per heavy atom. The maximum atomic E-state index is 11.9. The van der Waals surface area contributed by atoms with E-state index in [-0.39, 0.29) is 5.91 Å². The highest BCUT2D eigenvalue weighted by Crippen LogP contribution is 2.22. The summed E-state index contributed by atoms with van der Waals surface area (Å²) in [6, 6.07) is 10.5. The van der Waals surface area contributed by atoms with Crippen LogP contribution in [0.5, 0.6) is 11.6 Å². The van der Waals surface area contributed by atoms with E-state index in [0.717, 1.165) is 0 Å². The molecule has 2 aromatic heterocycles. The molecule has 1 N–H and O–H groups in total. The lowest BCUT2D eigenvalue weighted by Gasteiger charge is -2.08. The number of pyridine rings is 1. The molecule has 24 heavy (non-hydrogen) atoms. The third-order valence-electron chi connectivity index (χ3n) is 3.22. The first-order valence-electron chi connectivity index (χ1n) is 7.34. The third kappa shape index (κ3) is 4.57. The monoisotopic (exact) mass is 342 g/mol.